The van der Waals surface area contributed by atoms with Gasteiger partial charge in [0.15, 0.2) is 4.32 Å². The molecule has 0 aromatic heterocycles. The smallest absolute Gasteiger partial charge is 0.293 e. The van der Waals surface area contributed by atoms with Crippen LogP contribution in [0.1, 0.15) is 11.1 Å². The molecule has 3 rings (SSSR count). The van der Waals surface area contributed by atoms with Crippen LogP contribution in [0.4, 0.5) is 17.1 Å². The van der Waals surface area contributed by atoms with Crippen LogP contribution in [0.5, 0.6) is 0 Å². The molecule has 0 unspecified atom stereocenters. The number of amides is 1. The number of rotatable bonds is 4. The van der Waals surface area contributed by atoms with Crippen LogP contribution in [-0.4, -0.2) is 29.2 Å². The zero-order chi connectivity index (χ0) is 19.7. The van der Waals surface area contributed by atoms with Crippen molar-refractivity contribution >= 4 is 57.3 Å². The van der Waals surface area contributed by atoms with Crippen LogP contribution in [0.3, 0.4) is 0 Å². The molecule has 0 atom stereocenters. The van der Waals surface area contributed by atoms with Gasteiger partial charge in [-0.3, -0.25) is 19.8 Å². The van der Waals surface area contributed by atoms with Crippen LogP contribution >= 0.6 is 24.0 Å². The Labute approximate surface area is 166 Å². The molecular formula is C19H17N3O3S2. The summed E-state index contributed by atoms with van der Waals surface area (Å²) in [4.78, 5) is 27.3. The molecule has 1 aliphatic rings. The number of hydrogen-bond donors (Lipinski definition) is 0. The molecule has 1 heterocycles. The van der Waals surface area contributed by atoms with E-state index in [0.29, 0.717) is 26.2 Å². The van der Waals surface area contributed by atoms with Crippen molar-refractivity contribution in [2.75, 3.05) is 23.9 Å². The number of carbonyl (C=O) groups excluding carboxylic acids is 1. The molecule has 0 bridgehead atoms. The zero-order valence-corrected chi connectivity index (χ0v) is 16.6. The first kappa shape index (κ1) is 19.1. The highest BCUT2D eigenvalue weighted by molar-refractivity contribution is 8.27. The first-order chi connectivity index (χ1) is 12.8. The minimum absolute atomic E-state index is 0.0113. The summed E-state index contributed by atoms with van der Waals surface area (Å²) in [6, 6.07) is 12.4. The third kappa shape index (κ3) is 3.86. The molecule has 0 spiro atoms. The molecule has 0 radical (unpaired) electrons. The Balaban J connectivity index is 1.95. The average Bonchev–Trinajstić information content (AvgIpc) is 2.89. The van der Waals surface area contributed by atoms with Gasteiger partial charge in [0.2, 0.25) is 0 Å². The number of hydrogen-bond acceptors (Lipinski definition) is 6. The van der Waals surface area contributed by atoms with Gasteiger partial charge in [0.25, 0.3) is 11.6 Å². The van der Waals surface area contributed by atoms with Gasteiger partial charge in [-0.15, -0.1) is 0 Å². The van der Waals surface area contributed by atoms with E-state index in [0.717, 1.165) is 5.56 Å². The molecule has 1 saturated heterocycles. The van der Waals surface area contributed by atoms with Crippen LogP contribution in [0.25, 0.3) is 6.08 Å². The molecule has 27 heavy (non-hydrogen) atoms. The third-order valence-corrected chi connectivity index (χ3v) is 5.36. The van der Waals surface area contributed by atoms with Crippen LogP contribution in [-0.2, 0) is 4.79 Å². The minimum atomic E-state index is -0.426. The second-order valence-electron chi connectivity index (χ2n) is 6.25. The number of thiocarbonyl (C=S) groups is 1. The van der Waals surface area contributed by atoms with Gasteiger partial charge >= 0.3 is 0 Å². The number of benzene rings is 2. The van der Waals surface area contributed by atoms with E-state index < -0.39 is 4.92 Å². The first-order valence-electron chi connectivity index (χ1n) is 8.08. The summed E-state index contributed by atoms with van der Waals surface area (Å²) >= 11 is 6.55. The summed E-state index contributed by atoms with van der Waals surface area (Å²) < 4.78 is 0.439. The summed E-state index contributed by atoms with van der Waals surface area (Å²) in [6.07, 6.45) is 1.64. The van der Waals surface area contributed by atoms with Gasteiger partial charge in [0.05, 0.1) is 15.5 Å². The Morgan fingerprint density at radius 2 is 1.85 bits per heavy atom. The van der Waals surface area contributed by atoms with Crippen molar-refractivity contribution < 1.29 is 9.72 Å². The molecule has 2 aromatic carbocycles. The SMILES string of the molecule is Cc1ccc(N2C(=O)/C(=C/c3ccc(N(C)C)c([N+](=O)[O-])c3)SC2=S)cc1. The van der Waals surface area contributed by atoms with Crippen LogP contribution < -0.4 is 9.80 Å². The van der Waals surface area contributed by atoms with Crippen molar-refractivity contribution in [1.82, 2.24) is 0 Å². The molecule has 1 aliphatic heterocycles. The van der Waals surface area contributed by atoms with E-state index in [9.17, 15) is 14.9 Å². The van der Waals surface area contributed by atoms with Crippen LogP contribution in [0.15, 0.2) is 47.4 Å². The van der Waals surface area contributed by atoms with Crippen LogP contribution in [0.2, 0.25) is 0 Å². The molecular weight excluding hydrogens is 382 g/mol. The molecule has 0 N–H and O–H groups in total. The highest BCUT2D eigenvalue weighted by Gasteiger charge is 2.33. The van der Waals surface area contributed by atoms with Crippen molar-refractivity contribution in [2.45, 2.75) is 6.92 Å². The summed E-state index contributed by atoms with van der Waals surface area (Å²) in [5.74, 6) is -0.229. The first-order valence-corrected chi connectivity index (χ1v) is 9.31. The lowest BCUT2D eigenvalue weighted by atomic mass is 10.1. The van der Waals surface area contributed by atoms with E-state index >= 15 is 0 Å². The molecule has 0 aliphatic carbocycles. The maximum absolute atomic E-state index is 12.8. The molecule has 6 nitrogen and oxygen atoms in total. The maximum atomic E-state index is 12.8. The van der Waals surface area contributed by atoms with Crippen molar-refractivity contribution in [3.8, 4) is 0 Å². The Kier molecular flexibility index (Phi) is 5.29. The normalized spacial score (nSPS) is 15.5. The second kappa shape index (κ2) is 7.50. The van der Waals surface area contributed by atoms with E-state index in [1.807, 2.05) is 31.2 Å². The maximum Gasteiger partial charge on any atom is 0.293 e. The molecule has 8 heteroatoms. The van der Waals surface area contributed by atoms with Crippen molar-refractivity contribution in [2.24, 2.45) is 0 Å². The average molecular weight is 399 g/mol. The Bertz CT molecular complexity index is 969. The van der Waals surface area contributed by atoms with E-state index in [1.165, 1.54) is 22.7 Å². The number of anilines is 2. The number of thioether (sulfide) groups is 1. The Hall–Kier alpha value is -2.71. The van der Waals surface area contributed by atoms with Crippen molar-refractivity contribution in [3.05, 3.63) is 68.6 Å². The van der Waals surface area contributed by atoms with Gasteiger partial charge < -0.3 is 4.90 Å². The van der Waals surface area contributed by atoms with Gasteiger partial charge in [-0.1, -0.05) is 47.7 Å². The summed E-state index contributed by atoms with van der Waals surface area (Å²) in [5, 5.41) is 11.4. The lowest BCUT2D eigenvalue weighted by molar-refractivity contribution is -0.384. The topological polar surface area (TPSA) is 66.7 Å². The predicted octanol–water partition coefficient (Wildman–Crippen LogP) is 4.38. The lowest BCUT2D eigenvalue weighted by Gasteiger charge is -2.14. The minimum Gasteiger partial charge on any atom is -0.372 e. The van der Waals surface area contributed by atoms with Gasteiger partial charge in [-0.25, -0.2) is 0 Å². The van der Waals surface area contributed by atoms with Gasteiger partial charge in [0, 0.05) is 20.2 Å². The van der Waals surface area contributed by atoms with Gasteiger partial charge in [0.1, 0.15) is 5.69 Å². The molecule has 1 fully saturated rings. The van der Waals surface area contributed by atoms with Gasteiger partial charge in [-0.05, 0) is 36.8 Å². The van der Waals surface area contributed by atoms with Crippen LogP contribution in [0, 0.1) is 17.0 Å². The zero-order valence-electron chi connectivity index (χ0n) is 15.0. The van der Waals surface area contributed by atoms with E-state index in [1.54, 1.807) is 37.2 Å². The number of aryl methyl sites for hydroxylation is 1. The van der Waals surface area contributed by atoms with E-state index in [4.69, 9.17) is 12.2 Å². The number of carbonyl (C=O) groups is 1. The fourth-order valence-corrected chi connectivity index (χ4v) is 3.99. The summed E-state index contributed by atoms with van der Waals surface area (Å²) in [6.45, 7) is 1.97. The monoisotopic (exact) mass is 399 g/mol. The molecule has 138 valence electrons. The molecule has 0 saturated carbocycles. The van der Waals surface area contributed by atoms with Crippen molar-refractivity contribution in [3.63, 3.8) is 0 Å². The number of nitro groups is 1. The number of nitrogens with zero attached hydrogens (tertiary/aromatic N) is 3. The highest BCUT2D eigenvalue weighted by Crippen LogP contribution is 2.37. The lowest BCUT2D eigenvalue weighted by Crippen LogP contribution is -2.27. The fraction of sp³-hybridized carbons (Fsp3) is 0.158. The molecule has 2 aromatic rings. The fourth-order valence-electron chi connectivity index (χ4n) is 2.69. The quantitative estimate of drug-likeness (QED) is 0.329. The second-order valence-corrected chi connectivity index (χ2v) is 7.93. The Morgan fingerprint density at radius 1 is 1.19 bits per heavy atom. The third-order valence-electron chi connectivity index (χ3n) is 4.06. The summed E-state index contributed by atoms with van der Waals surface area (Å²) in [5.41, 5.74) is 2.87. The Morgan fingerprint density at radius 3 is 2.44 bits per heavy atom. The molecule has 1 amide bonds. The van der Waals surface area contributed by atoms with Gasteiger partial charge in [-0.2, -0.15) is 0 Å². The van der Waals surface area contributed by atoms with E-state index in [-0.39, 0.29) is 11.6 Å². The largest absolute Gasteiger partial charge is 0.372 e. The van der Waals surface area contributed by atoms with E-state index in [2.05, 4.69) is 0 Å². The van der Waals surface area contributed by atoms with Crippen molar-refractivity contribution in [1.29, 1.82) is 0 Å². The summed E-state index contributed by atoms with van der Waals surface area (Å²) in [7, 11) is 3.49. The highest BCUT2D eigenvalue weighted by atomic mass is 32.2. The number of nitro benzene ring substituents is 1. The standard InChI is InChI=1S/C19H17N3O3S2/c1-12-4-7-14(8-5-12)21-18(23)17(27-19(21)26)11-13-6-9-15(20(2)3)16(10-13)22(24)25/h4-11H,1-3H3/b17-11-. The predicted molar refractivity (Wildman–Crippen MR) is 114 cm³/mol.